The molecule has 1 aliphatic heterocycles. The molecule has 4 rings (SSSR count). The Morgan fingerprint density at radius 1 is 0.688 bits per heavy atom. The summed E-state index contributed by atoms with van der Waals surface area (Å²) < 4.78 is 24.3. The van der Waals surface area contributed by atoms with Crippen LogP contribution in [0, 0.1) is 0 Å². The smallest absolute Gasteiger partial charge is 0.157 e. The van der Waals surface area contributed by atoms with Gasteiger partial charge in [0.1, 0.15) is 12.2 Å². The number of rotatable bonds is 10. The van der Waals surface area contributed by atoms with Gasteiger partial charge in [-0.25, -0.2) is 0 Å². The summed E-state index contributed by atoms with van der Waals surface area (Å²) in [6.45, 7) is 1.65. The second-order valence-corrected chi connectivity index (χ2v) is 7.96. The molecule has 1 N–H and O–H groups in total. The zero-order valence-electron chi connectivity index (χ0n) is 18.1. The van der Waals surface area contributed by atoms with E-state index in [1.165, 1.54) is 0 Å². The molecule has 0 amide bonds. The molecule has 168 valence electrons. The maximum absolute atomic E-state index is 10.4. The van der Waals surface area contributed by atoms with Gasteiger partial charge in [0.25, 0.3) is 0 Å². The topological polar surface area (TPSA) is 57.2 Å². The molecule has 0 radical (unpaired) electrons. The van der Waals surface area contributed by atoms with Crippen molar-refractivity contribution in [1.29, 1.82) is 0 Å². The lowest BCUT2D eigenvalue weighted by Crippen LogP contribution is -2.52. The van der Waals surface area contributed by atoms with E-state index in [1.54, 1.807) is 0 Å². The number of benzene rings is 3. The van der Waals surface area contributed by atoms with Gasteiger partial charge in [-0.1, -0.05) is 91.0 Å². The zero-order valence-corrected chi connectivity index (χ0v) is 18.1. The molecule has 1 aliphatic rings. The average molecular weight is 435 g/mol. The minimum atomic E-state index is -0.919. The summed E-state index contributed by atoms with van der Waals surface area (Å²) in [7, 11) is 0. The van der Waals surface area contributed by atoms with Crippen molar-refractivity contribution in [3.05, 3.63) is 108 Å². The molecule has 0 unspecified atom stereocenters. The van der Waals surface area contributed by atoms with Crippen LogP contribution < -0.4 is 0 Å². The molecule has 0 aliphatic carbocycles. The number of aliphatic hydroxyl groups excluding tert-OH is 1. The molecule has 1 fully saturated rings. The lowest BCUT2D eigenvalue weighted by molar-refractivity contribution is -0.265. The first-order valence-corrected chi connectivity index (χ1v) is 11.0. The second-order valence-electron chi connectivity index (χ2n) is 7.96. The number of hydrogen-bond acceptors (Lipinski definition) is 5. The first kappa shape index (κ1) is 22.6. The van der Waals surface area contributed by atoms with Crippen LogP contribution in [0.4, 0.5) is 0 Å². The summed E-state index contributed by atoms with van der Waals surface area (Å²) in [5, 5.41) is 10.4. The van der Waals surface area contributed by atoms with Crippen molar-refractivity contribution in [1.82, 2.24) is 0 Å². The maximum Gasteiger partial charge on any atom is 0.157 e. The Balaban J connectivity index is 1.42. The van der Waals surface area contributed by atoms with E-state index in [1.807, 2.05) is 91.0 Å². The fraction of sp³-hybridized carbons (Fsp3) is 0.333. The van der Waals surface area contributed by atoms with Crippen molar-refractivity contribution < 1.29 is 24.1 Å². The van der Waals surface area contributed by atoms with Gasteiger partial charge >= 0.3 is 0 Å². The second kappa shape index (κ2) is 11.9. The highest BCUT2D eigenvalue weighted by Crippen LogP contribution is 2.27. The van der Waals surface area contributed by atoms with Crippen LogP contribution in [-0.2, 0) is 38.8 Å². The fourth-order valence-electron chi connectivity index (χ4n) is 3.83. The number of aliphatic hydroxyl groups is 1. The molecule has 0 spiro atoms. The Bertz CT molecular complexity index is 903. The van der Waals surface area contributed by atoms with Gasteiger partial charge in [0, 0.05) is 6.42 Å². The monoisotopic (exact) mass is 434 g/mol. The van der Waals surface area contributed by atoms with Gasteiger partial charge in [-0.3, -0.25) is 0 Å². The molecule has 4 atom stereocenters. The number of hydrogen-bond donors (Lipinski definition) is 1. The van der Waals surface area contributed by atoms with E-state index in [9.17, 15) is 5.11 Å². The van der Waals surface area contributed by atoms with Crippen molar-refractivity contribution in [2.45, 2.75) is 50.8 Å². The standard InChI is InChI=1S/C27H30O5/c28-26-16-24(30-18-22-12-6-2-7-13-22)27(31-19-23-14-8-3-9-15-23)25(32-26)20-29-17-21-10-4-1-5-11-21/h1-15,24-28H,16-20H2/t24-,25+,26+,27+/m1/s1. The van der Waals surface area contributed by atoms with Gasteiger partial charge in [0.15, 0.2) is 6.29 Å². The summed E-state index contributed by atoms with van der Waals surface area (Å²) >= 11 is 0. The van der Waals surface area contributed by atoms with Crippen molar-refractivity contribution >= 4 is 0 Å². The van der Waals surface area contributed by atoms with Crippen LogP contribution in [-0.4, -0.2) is 36.3 Å². The third-order valence-corrected chi connectivity index (χ3v) is 5.48. The van der Waals surface area contributed by atoms with Gasteiger partial charge in [-0.15, -0.1) is 0 Å². The molecule has 5 heteroatoms. The van der Waals surface area contributed by atoms with Crippen molar-refractivity contribution in [2.75, 3.05) is 6.61 Å². The van der Waals surface area contributed by atoms with Crippen LogP contribution in [0.1, 0.15) is 23.1 Å². The largest absolute Gasteiger partial charge is 0.374 e. The Hall–Kier alpha value is -2.54. The quantitative estimate of drug-likeness (QED) is 0.510. The molecule has 3 aromatic rings. The van der Waals surface area contributed by atoms with Crippen molar-refractivity contribution in [3.63, 3.8) is 0 Å². The van der Waals surface area contributed by atoms with Crippen LogP contribution >= 0.6 is 0 Å². The number of ether oxygens (including phenoxy) is 4. The van der Waals surface area contributed by atoms with Gasteiger partial charge in [-0.2, -0.15) is 0 Å². The maximum atomic E-state index is 10.4. The molecule has 1 heterocycles. The van der Waals surface area contributed by atoms with Gasteiger partial charge < -0.3 is 24.1 Å². The van der Waals surface area contributed by atoms with E-state index in [2.05, 4.69) is 0 Å². The minimum Gasteiger partial charge on any atom is -0.374 e. The molecular formula is C27H30O5. The molecule has 32 heavy (non-hydrogen) atoms. The summed E-state index contributed by atoms with van der Waals surface area (Å²) in [5.74, 6) is 0. The third-order valence-electron chi connectivity index (χ3n) is 5.48. The summed E-state index contributed by atoms with van der Waals surface area (Å²) in [4.78, 5) is 0. The van der Waals surface area contributed by atoms with Crippen LogP contribution in [0.15, 0.2) is 91.0 Å². The molecular weight excluding hydrogens is 404 g/mol. The predicted molar refractivity (Wildman–Crippen MR) is 122 cm³/mol. The highest BCUT2D eigenvalue weighted by atomic mass is 16.6. The Kier molecular flexibility index (Phi) is 8.42. The molecule has 0 aromatic heterocycles. The Morgan fingerprint density at radius 2 is 1.19 bits per heavy atom. The van der Waals surface area contributed by atoms with E-state index >= 15 is 0 Å². The van der Waals surface area contributed by atoms with Gasteiger partial charge in [0.05, 0.1) is 32.5 Å². The third kappa shape index (κ3) is 6.73. The van der Waals surface area contributed by atoms with Crippen molar-refractivity contribution in [2.24, 2.45) is 0 Å². The molecule has 0 saturated carbocycles. The Morgan fingerprint density at radius 3 is 1.75 bits per heavy atom. The first-order chi connectivity index (χ1) is 15.8. The fourth-order valence-corrected chi connectivity index (χ4v) is 3.83. The van der Waals surface area contributed by atoms with E-state index in [4.69, 9.17) is 18.9 Å². The van der Waals surface area contributed by atoms with Gasteiger partial charge in [-0.05, 0) is 16.7 Å². The van der Waals surface area contributed by atoms with Crippen LogP contribution in [0.5, 0.6) is 0 Å². The van der Waals surface area contributed by atoms with Crippen LogP contribution in [0.25, 0.3) is 0 Å². The highest BCUT2D eigenvalue weighted by Gasteiger charge is 2.40. The molecule has 3 aromatic carbocycles. The lowest BCUT2D eigenvalue weighted by Gasteiger charge is -2.39. The normalized spacial score (nSPS) is 23.2. The molecule has 0 bridgehead atoms. The van der Waals surface area contributed by atoms with Crippen molar-refractivity contribution in [3.8, 4) is 0 Å². The zero-order chi connectivity index (χ0) is 22.0. The van der Waals surface area contributed by atoms with E-state index in [-0.39, 0.29) is 12.2 Å². The summed E-state index contributed by atoms with van der Waals surface area (Å²) in [6.07, 6.45) is -1.68. The average Bonchev–Trinajstić information content (AvgIpc) is 2.84. The lowest BCUT2D eigenvalue weighted by atomic mass is 10.0. The van der Waals surface area contributed by atoms with Crippen LogP contribution in [0.2, 0.25) is 0 Å². The molecule has 5 nitrogen and oxygen atoms in total. The molecule has 1 saturated heterocycles. The van der Waals surface area contributed by atoms with E-state index in [0.29, 0.717) is 32.8 Å². The van der Waals surface area contributed by atoms with Gasteiger partial charge in [0.2, 0.25) is 0 Å². The van der Waals surface area contributed by atoms with E-state index < -0.39 is 12.4 Å². The van der Waals surface area contributed by atoms with Crippen LogP contribution in [0.3, 0.4) is 0 Å². The first-order valence-electron chi connectivity index (χ1n) is 11.0. The summed E-state index contributed by atoms with van der Waals surface area (Å²) in [5.41, 5.74) is 3.24. The highest BCUT2D eigenvalue weighted by molar-refractivity contribution is 5.15. The summed E-state index contributed by atoms with van der Waals surface area (Å²) in [6, 6.07) is 30.0. The Labute approximate surface area is 189 Å². The minimum absolute atomic E-state index is 0.302. The SMILES string of the molecule is O[C@@H]1C[C@@H](OCc2ccccc2)[C@H](OCc2ccccc2)[C@H](COCc2ccccc2)O1. The van der Waals surface area contributed by atoms with E-state index in [0.717, 1.165) is 16.7 Å². The predicted octanol–water partition coefficient (Wildman–Crippen LogP) is 4.48.